The van der Waals surface area contributed by atoms with E-state index in [1.165, 1.54) is 0 Å². The molecule has 8 aromatic carbocycles. The molecule has 0 saturated heterocycles. The number of rotatable bonds is 4. The fraction of sp³-hybridized carbons (Fsp3) is 0. The molecule has 0 aliphatic heterocycles. The molecule has 0 aliphatic rings. The van der Waals surface area contributed by atoms with Gasteiger partial charge >= 0.3 is 0 Å². The summed E-state index contributed by atoms with van der Waals surface area (Å²) >= 11 is 0. The topological polar surface area (TPSA) is 13.1 Å². The Bertz CT molecular complexity index is 2800. The first-order valence-corrected chi connectivity index (χ1v) is 15.0. The van der Waals surface area contributed by atoms with Crippen LogP contribution in [0.3, 0.4) is 0 Å². The molecule has 0 fully saturated rings. The van der Waals surface area contributed by atoms with Gasteiger partial charge in [-0.1, -0.05) is 146 Å². The summed E-state index contributed by atoms with van der Waals surface area (Å²) in [4.78, 5) is 0. The van der Waals surface area contributed by atoms with Crippen LogP contribution in [0.4, 0.5) is 0 Å². The van der Waals surface area contributed by atoms with E-state index < -0.39 is 0 Å². The highest BCUT2D eigenvalue weighted by Gasteiger charge is 2.19. The Hall–Kier alpha value is -5.92. The predicted molar refractivity (Wildman–Crippen MR) is 190 cm³/mol. The lowest BCUT2D eigenvalue weighted by atomic mass is 9.85. The lowest BCUT2D eigenvalue weighted by Gasteiger charge is -2.18. The molecule has 0 amide bonds. The first-order chi connectivity index (χ1) is 24.8. The molecule has 1 aromatic heterocycles. The molecule has 0 bridgehead atoms. The molecule has 1 nitrogen and oxygen atoms in total. The highest BCUT2D eigenvalue weighted by atomic mass is 16.3. The maximum Gasteiger partial charge on any atom is 0.136 e. The molecule has 0 N–H and O–H groups in total. The second kappa shape index (κ2) is 10.4. The largest absolute Gasteiger partial charge is 0.456 e. The van der Waals surface area contributed by atoms with Crippen LogP contribution in [-0.4, -0.2) is 0 Å². The van der Waals surface area contributed by atoms with Gasteiger partial charge in [-0.3, -0.25) is 0 Å². The normalized spacial score (nSPS) is 13.4. The van der Waals surface area contributed by atoms with E-state index in [0.717, 1.165) is 43.8 Å². The summed E-state index contributed by atoms with van der Waals surface area (Å²) in [5, 5.41) is 4.08. The fourth-order valence-corrected chi connectivity index (χ4v) is 6.59. The molecular weight excluding hydrogens is 544 g/mol. The van der Waals surface area contributed by atoms with Gasteiger partial charge in [0.25, 0.3) is 0 Å². The van der Waals surface area contributed by atoms with Crippen molar-refractivity contribution in [2.24, 2.45) is 0 Å². The van der Waals surface area contributed by atoms with Crippen LogP contribution >= 0.6 is 0 Å². The van der Waals surface area contributed by atoms with Crippen molar-refractivity contribution >= 4 is 43.5 Å². The van der Waals surface area contributed by atoms with Crippen molar-refractivity contribution in [2.75, 3.05) is 0 Å². The van der Waals surface area contributed by atoms with Crippen LogP contribution in [0.5, 0.6) is 0 Å². The molecule has 0 saturated carbocycles. The summed E-state index contributed by atoms with van der Waals surface area (Å²) in [6.07, 6.45) is 0. The van der Waals surface area contributed by atoms with Gasteiger partial charge < -0.3 is 4.42 Å². The Labute approximate surface area is 270 Å². The predicted octanol–water partition coefficient (Wildman–Crippen LogP) is 12.6. The van der Waals surface area contributed by atoms with Gasteiger partial charge in [-0.2, -0.15) is 0 Å². The van der Waals surface area contributed by atoms with Gasteiger partial charge in [-0.15, -0.1) is 0 Å². The Morgan fingerprint density at radius 2 is 0.956 bits per heavy atom. The molecule has 9 rings (SSSR count). The average Bonchev–Trinajstić information content (AvgIpc) is 3.58. The van der Waals surface area contributed by atoms with Gasteiger partial charge in [-0.25, -0.2) is 0 Å². The second-order valence-corrected chi connectivity index (χ2v) is 11.2. The third kappa shape index (κ3) is 4.17. The van der Waals surface area contributed by atoms with E-state index in [2.05, 4.69) is 48.5 Å². The molecule has 0 spiro atoms. The summed E-state index contributed by atoms with van der Waals surface area (Å²) in [7, 11) is 0. The molecule has 0 unspecified atom stereocenters. The van der Waals surface area contributed by atoms with Crippen LogP contribution in [0.2, 0.25) is 0 Å². The number of benzene rings is 8. The van der Waals surface area contributed by atoms with Gasteiger partial charge in [0.1, 0.15) is 11.2 Å². The van der Waals surface area contributed by atoms with Crippen LogP contribution in [0.15, 0.2) is 174 Å². The third-order valence-corrected chi connectivity index (χ3v) is 8.58. The van der Waals surface area contributed by atoms with Crippen LogP contribution < -0.4 is 0 Å². The Kier molecular flexibility index (Phi) is 4.63. The van der Waals surface area contributed by atoms with Crippen molar-refractivity contribution < 1.29 is 12.6 Å². The quantitative estimate of drug-likeness (QED) is 0.189. The van der Waals surface area contributed by atoms with Crippen molar-refractivity contribution in [3.05, 3.63) is 170 Å². The molecule has 45 heavy (non-hydrogen) atoms. The summed E-state index contributed by atoms with van der Waals surface area (Å²) in [6, 6.07) is 42.7. The second-order valence-electron chi connectivity index (χ2n) is 11.2. The van der Waals surface area contributed by atoms with Crippen molar-refractivity contribution in [3.8, 4) is 44.5 Å². The Balaban J connectivity index is 1.39. The SMILES string of the molecule is [2H]c1c([2H])c(-c2ccccc2)c2c(oc3c([2H])c(-c4c5ccccc5c(-c5cccc(-c6ccccc6)c5)c5ccccc45)c([2H])c([2H])c32)c1[2H]. The van der Waals surface area contributed by atoms with Gasteiger partial charge in [0, 0.05) is 10.8 Å². The highest BCUT2D eigenvalue weighted by Crippen LogP contribution is 2.45. The van der Waals surface area contributed by atoms with Crippen molar-refractivity contribution in [3.63, 3.8) is 0 Å². The van der Waals surface area contributed by atoms with Crippen LogP contribution in [-0.2, 0) is 0 Å². The van der Waals surface area contributed by atoms with Crippen LogP contribution in [0, 0.1) is 0 Å². The Morgan fingerprint density at radius 3 is 1.62 bits per heavy atom. The molecule has 210 valence electrons. The van der Waals surface area contributed by atoms with Gasteiger partial charge in [0.05, 0.1) is 8.22 Å². The van der Waals surface area contributed by atoms with E-state index in [4.69, 9.17) is 8.53 Å². The number of hydrogen-bond acceptors (Lipinski definition) is 1. The lowest BCUT2D eigenvalue weighted by molar-refractivity contribution is 0.669. The van der Waals surface area contributed by atoms with E-state index in [-0.39, 0.29) is 58.4 Å². The molecule has 1 heterocycles. The maximum absolute atomic E-state index is 9.64. The number of furan rings is 1. The molecule has 0 atom stereocenters. The monoisotopic (exact) mass is 578 g/mol. The third-order valence-electron chi connectivity index (χ3n) is 8.58. The summed E-state index contributed by atoms with van der Waals surface area (Å²) in [6.45, 7) is 0. The van der Waals surface area contributed by atoms with E-state index in [0.29, 0.717) is 22.1 Å². The van der Waals surface area contributed by atoms with Crippen molar-refractivity contribution in [1.29, 1.82) is 0 Å². The minimum Gasteiger partial charge on any atom is -0.456 e. The molecule has 1 heteroatoms. The molecule has 0 aliphatic carbocycles. The number of hydrogen-bond donors (Lipinski definition) is 0. The van der Waals surface area contributed by atoms with E-state index in [1.54, 1.807) is 0 Å². The van der Waals surface area contributed by atoms with Crippen LogP contribution in [0.1, 0.15) is 8.22 Å². The highest BCUT2D eigenvalue weighted by molar-refractivity contribution is 6.22. The first kappa shape index (κ1) is 20.1. The van der Waals surface area contributed by atoms with Gasteiger partial charge in [0.15, 0.2) is 0 Å². The summed E-state index contributed by atoms with van der Waals surface area (Å²) < 4.78 is 61.1. The molecular formula is C44H28O. The first-order valence-electron chi connectivity index (χ1n) is 18.0. The van der Waals surface area contributed by atoms with E-state index in [9.17, 15) is 4.11 Å². The number of fused-ring (bicyclic) bond motifs is 5. The van der Waals surface area contributed by atoms with Gasteiger partial charge in [-0.05, 0) is 90.2 Å². The average molecular weight is 579 g/mol. The summed E-state index contributed by atoms with van der Waals surface area (Å²) in [5.41, 5.74) is 6.28. The zero-order valence-electron chi connectivity index (χ0n) is 30.1. The minimum absolute atomic E-state index is 0.0340. The maximum atomic E-state index is 9.64. The van der Waals surface area contributed by atoms with E-state index in [1.807, 2.05) is 84.9 Å². The fourth-order valence-electron chi connectivity index (χ4n) is 6.59. The Morgan fingerprint density at radius 1 is 0.400 bits per heavy atom. The zero-order chi connectivity index (χ0) is 35.0. The smallest absolute Gasteiger partial charge is 0.136 e. The van der Waals surface area contributed by atoms with Gasteiger partial charge in [0.2, 0.25) is 0 Å². The van der Waals surface area contributed by atoms with E-state index >= 15 is 0 Å². The lowest BCUT2D eigenvalue weighted by Crippen LogP contribution is -1.91. The molecule has 0 radical (unpaired) electrons. The zero-order valence-corrected chi connectivity index (χ0v) is 24.1. The van der Waals surface area contributed by atoms with Crippen molar-refractivity contribution in [2.45, 2.75) is 0 Å². The van der Waals surface area contributed by atoms with Crippen LogP contribution in [0.25, 0.3) is 88.0 Å². The minimum atomic E-state index is -0.297. The standard InChI is InChI=1S/C44H28O/c1-3-13-29(14-4-1)31-17-11-18-32(27-31)42-35-19-7-9-21-37(35)43(38-22-10-8-20-36(38)42)33-25-26-39-41(28-33)45-40-24-12-23-34(44(39)40)30-15-5-2-6-16-30/h1-28H/i12D,23D,24D,25D,26D,28D. The van der Waals surface area contributed by atoms with Crippen molar-refractivity contribution in [1.82, 2.24) is 0 Å². The summed E-state index contributed by atoms with van der Waals surface area (Å²) in [5.74, 6) is 0. The molecule has 9 aromatic rings.